The standard InChI is InChI=1S/C10H10ClN3S/c1-6-3-4-8(7(2)12-6)10-14-13-9(5-11)15-10/h3-4H,5H2,1-2H3. The molecule has 0 atom stereocenters. The Morgan fingerprint density at radius 2 is 2.07 bits per heavy atom. The molecule has 78 valence electrons. The van der Waals surface area contributed by atoms with Crippen LogP contribution in [0.5, 0.6) is 0 Å². The van der Waals surface area contributed by atoms with Gasteiger partial charge in [0.15, 0.2) is 0 Å². The SMILES string of the molecule is Cc1ccc(-c2nnc(CCl)s2)c(C)n1. The Balaban J connectivity index is 2.44. The highest BCUT2D eigenvalue weighted by Crippen LogP contribution is 2.26. The molecule has 0 saturated carbocycles. The molecule has 2 aromatic rings. The zero-order chi connectivity index (χ0) is 10.8. The molecule has 2 rings (SSSR count). The highest BCUT2D eigenvalue weighted by molar-refractivity contribution is 7.14. The molecule has 0 aliphatic heterocycles. The molecular weight excluding hydrogens is 230 g/mol. The summed E-state index contributed by atoms with van der Waals surface area (Å²) >= 11 is 7.20. The first-order chi connectivity index (χ1) is 7.20. The first-order valence-electron chi connectivity index (χ1n) is 4.53. The number of pyridine rings is 1. The van der Waals surface area contributed by atoms with E-state index in [-0.39, 0.29) is 0 Å². The summed E-state index contributed by atoms with van der Waals surface area (Å²) in [6.45, 7) is 3.95. The summed E-state index contributed by atoms with van der Waals surface area (Å²) in [5.74, 6) is 0.413. The number of alkyl halides is 1. The minimum Gasteiger partial charge on any atom is -0.258 e. The molecule has 5 heteroatoms. The summed E-state index contributed by atoms with van der Waals surface area (Å²) in [6, 6.07) is 4.00. The number of aromatic nitrogens is 3. The van der Waals surface area contributed by atoms with Gasteiger partial charge in [-0.3, -0.25) is 4.98 Å². The second kappa shape index (κ2) is 4.24. The Morgan fingerprint density at radius 3 is 2.67 bits per heavy atom. The summed E-state index contributed by atoms with van der Waals surface area (Å²) < 4.78 is 0. The van der Waals surface area contributed by atoms with Crippen LogP contribution in [0.2, 0.25) is 0 Å². The maximum absolute atomic E-state index is 5.69. The topological polar surface area (TPSA) is 38.7 Å². The van der Waals surface area contributed by atoms with Gasteiger partial charge in [-0.15, -0.1) is 21.8 Å². The van der Waals surface area contributed by atoms with Crippen molar-refractivity contribution < 1.29 is 0 Å². The van der Waals surface area contributed by atoms with Crippen molar-refractivity contribution in [3.63, 3.8) is 0 Å². The lowest BCUT2D eigenvalue weighted by molar-refractivity contribution is 1.03. The van der Waals surface area contributed by atoms with Crippen molar-refractivity contribution in [3.8, 4) is 10.6 Å². The Bertz CT molecular complexity index is 481. The third kappa shape index (κ3) is 2.16. The van der Waals surface area contributed by atoms with Gasteiger partial charge in [-0.25, -0.2) is 0 Å². The van der Waals surface area contributed by atoms with Crippen molar-refractivity contribution in [1.29, 1.82) is 0 Å². The number of rotatable bonds is 2. The van der Waals surface area contributed by atoms with E-state index in [0.29, 0.717) is 5.88 Å². The van der Waals surface area contributed by atoms with Gasteiger partial charge in [0.2, 0.25) is 0 Å². The van der Waals surface area contributed by atoms with Crippen LogP contribution in [-0.4, -0.2) is 15.2 Å². The van der Waals surface area contributed by atoms with Crippen LogP contribution in [0.4, 0.5) is 0 Å². The Hall–Kier alpha value is -1.00. The molecule has 0 N–H and O–H groups in total. The van der Waals surface area contributed by atoms with Crippen LogP contribution in [0.1, 0.15) is 16.4 Å². The lowest BCUT2D eigenvalue weighted by atomic mass is 10.2. The maximum atomic E-state index is 5.69. The predicted octanol–water partition coefficient (Wildman–Crippen LogP) is 2.96. The van der Waals surface area contributed by atoms with Crippen molar-refractivity contribution >= 4 is 22.9 Å². The van der Waals surface area contributed by atoms with E-state index in [0.717, 1.165) is 27.0 Å². The van der Waals surface area contributed by atoms with Gasteiger partial charge < -0.3 is 0 Å². The smallest absolute Gasteiger partial charge is 0.149 e. The van der Waals surface area contributed by atoms with E-state index in [1.165, 1.54) is 11.3 Å². The third-order valence-electron chi connectivity index (χ3n) is 2.04. The molecule has 0 amide bonds. The molecule has 2 heterocycles. The minimum absolute atomic E-state index is 0.413. The molecule has 0 aliphatic rings. The summed E-state index contributed by atoms with van der Waals surface area (Å²) in [4.78, 5) is 4.39. The Kier molecular flexibility index (Phi) is 2.98. The summed E-state index contributed by atoms with van der Waals surface area (Å²) in [6.07, 6.45) is 0. The molecule has 0 aromatic carbocycles. The average molecular weight is 240 g/mol. The van der Waals surface area contributed by atoms with Gasteiger partial charge in [-0.05, 0) is 26.0 Å². The molecule has 0 saturated heterocycles. The highest BCUT2D eigenvalue weighted by atomic mass is 35.5. The lowest BCUT2D eigenvalue weighted by Gasteiger charge is -2.00. The zero-order valence-corrected chi connectivity index (χ0v) is 10.1. The van der Waals surface area contributed by atoms with Crippen LogP contribution in [0.25, 0.3) is 10.6 Å². The summed E-state index contributed by atoms with van der Waals surface area (Å²) in [7, 11) is 0. The van der Waals surface area contributed by atoms with Crippen LogP contribution in [0.3, 0.4) is 0 Å². The fourth-order valence-corrected chi connectivity index (χ4v) is 2.31. The van der Waals surface area contributed by atoms with Gasteiger partial charge in [0, 0.05) is 17.0 Å². The number of halogens is 1. The van der Waals surface area contributed by atoms with E-state index in [9.17, 15) is 0 Å². The monoisotopic (exact) mass is 239 g/mol. The number of nitrogens with zero attached hydrogens (tertiary/aromatic N) is 3. The molecule has 0 fully saturated rings. The van der Waals surface area contributed by atoms with Crippen molar-refractivity contribution in [3.05, 3.63) is 28.5 Å². The first-order valence-corrected chi connectivity index (χ1v) is 5.89. The van der Waals surface area contributed by atoms with Crippen molar-refractivity contribution in [2.24, 2.45) is 0 Å². The predicted molar refractivity (Wildman–Crippen MR) is 62.2 cm³/mol. The van der Waals surface area contributed by atoms with E-state index in [1.807, 2.05) is 26.0 Å². The average Bonchev–Trinajstić information content (AvgIpc) is 2.66. The lowest BCUT2D eigenvalue weighted by Crippen LogP contribution is -1.89. The normalized spacial score (nSPS) is 10.6. The zero-order valence-electron chi connectivity index (χ0n) is 8.49. The molecule has 3 nitrogen and oxygen atoms in total. The largest absolute Gasteiger partial charge is 0.258 e. The van der Waals surface area contributed by atoms with Gasteiger partial charge in [0.05, 0.1) is 5.88 Å². The molecule has 0 radical (unpaired) electrons. The molecule has 0 unspecified atom stereocenters. The molecule has 0 aliphatic carbocycles. The number of hydrogen-bond donors (Lipinski definition) is 0. The van der Waals surface area contributed by atoms with E-state index in [1.54, 1.807) is 0 Å². The molecule has 15 heavy (non-hydrogen) atoms. The van der Waals surface area contributed by atoms with Crippen LogP contribution >= 0.6 is 22.9 Å². The van der Waals surface area contributed by atoms with E-state index >= 15 is 0 Å². The number of hydrogen-bond acceptors (Lipinski definition) is 4. The van der Waals surface area contributed by atoms with Crippen molar-refractivity contribution in [2.45, 2.75) is 19.7 Å². The van der Waals surface area contributed by atoms with E-state index in [4.69, 9.17) is 11.6 Å². The first kappa shape index (κ1) is 10.5. The highest BCUT2D eigenvalue weighted by Gasteiger charge is 2.09. The molecule has 2 aromatic heterocycles. The summed E-state index contributed by atoms with van der Waals surface area (Å²) in [5.41, 5.74) is 3.03. The second-order valence-corrected chi connectivity index (χ2v) is 4.55. The van der Waals surface area contributed by atoms with Crippen molar-refractivity contribution in [2.75, 3.05) is 0 Å². The third-order valence-corrected chi connectivity index (χ3v) is 3.40. The fourth-order valence-electron chi connectivity index (χ4n) is 1.33. The van der Waals surface area contributed by atoms with Gasteiger partial charge in [-0.1, -0.05) is 11.3 Å². The Labute approximate surface area is 97.2 Å². The second-order valence-electron chi connectivity index (χ2n) is 3.22. The Morgan fingerprint density at radius 1 is 1.27 bits per heavy atom. The quantitative estimate of drug-likeness (QED) is 0.757. The van der Waals surface area contributed by atoms with Crippen LogP contribution in [0.15, 0.2) is 12.1 Å². The van der Waals surface area contributed by atoms with Crippen LogP contribution < -0.4 is 0 Å². The maximum Gasteiger partial charge on any atom is 0.149 e. The van der Waals surface area contributed by atoms with Gasteiger partial charge in [0.25, 0.3) is 0 Å². The van der Waals surface area contributed by atoms with E-state index < -0.39 is 0 Å². The molecule has 0 spiro atoms. The summed E-state index contributed by atoms with van der Waals surface area (Å²) in [5, 5.41) is 9.80. The van der Waals surface area contributed by atoms with Crippen molar-refractivity contribution in [1.82, 2.24) is 15.2 Å². The molecular formula is C10H10ClN3S. The van der Waals surface area contributed by atoms with Gasteiger partial charge in [0.1, 0.15) is 10.0 Å². The van der Waals surface area contributed by atoms with Crippen LogP contribution in [0, 0.1) is 13.8 Å². The number of aryl methyl sites for hydroxylation is 2. The minimum atomic E-state index is 0.413. The molecule has 0 bridgehead atoms. The fraction of sp³-hybridized carbons (Fsp3) is 0.300. The van der Waals surface area contributed by atoms with Gasteiger partial charge in [-0.2, -0.15) is 0 Å². The van der Waals surface area contributed by atoms with Gasteiger partial charge >= 0.3 is 0 Å². The van der Waals surface area contributed by atoms with Crippen LogP contribution in [-0.2, 0) is 5.88 Å². The van der Waals surface area contributed by atoms with E-state index in [2.05, 4.69) is 15.2 Å².